The molecule has 0 spiro atoms. The molecule has 1 aliphatic rings. The van der Waals surface area contributed by atoms with Gasteiger partial charge in [-0.2, -0.15) is 0 Å². The van der Waals surface area contributed by atoms with Gasteiger partial charge in [-0.15, -0.1) is 0 Å². The monoisotopic (exact) mass is 178 g/mol. The summed E-state index contributed by atoms with van der Waals surface area (Å²) in [6, 6.07) is 0.599. The zero-order chi connectivity index (χ0) is 8.93. The second-order valence-electron chi connectivity index (χ2n) is 3.27. The van der Waals surface area contributed by atoms with Gasteiger partial charge in [0.15, 0.2) is 0 Å². The lowest BCUT2D eigenvalue weighted by Gasteiger charge is -2.09. The van der Waals surface area contributed by atoms with Crippen molar-refractivity contribution in [3.8, 4) is 0 Å². The fourth-order valence-corrected chi connectivity index (χ4v) is 1.50. The molecule has 0 radical (unpaired) electrons. The predicted octanol–water partition coefficient (Wildman–Crippen LogP) is -0.0719. The van der Waals surface area contributed by atoms with E-state index in [0.29, 0.717) is 6.04 Å². The van der Waals surface area contributed by atoms with Gasteiger partial charge >= 0.3 is 0 Å². The Morgan fingerprint density at radius 1 is 1.54 bits per heavy atom. The first-order valence-corrected chi connectivity index (χ1v) is 4.64. The first kappa shape index (κ1) is 8.59. The molecule has 0 amide bonds. The highest BCUT2D eigenvalue weighted by molar-refractivity contribution is 4.94. The molecule has 2 heterocycles. The van der Waals surface area contributed by atoms with E-state index < -0.39 is 0 Å². The van der Waals surface area contributed by atoms with Gasteiger partial charge in [0.2, 0.25) is 0 Å². The average Bonchev–Trinajstić information content (AvgIpc) is 2.69. The summed E-state index contributed by atoms with van der Waals surface area (Å²) in [7, 11) is 0. The quantitative estimate of drug-likeness (QED) is 0.680. The summed E-state index contributed by atoms with van der Waals surface area (Å²) in [5.74, 6) is 0. The lowest BCUT2D eigenvalue weighted by Crippen LogP contribution is -2.30. The Kier molecular flexibility index (Phi) is 2.84. The molecule has 0 saturated carbocycles. The van der Waals surface area contributed by atoms with Crippen molar-refractivity contribution in [3.05, 3.63) is 24.3 Å². The Labute approximate surface area is 77.8 Å². The van der Waals surface area contributed by atoms with Crippen LogP contribution in [0.4, 0.5) is 0 Å². The Morgan fingerprint density at radius 3 is 3.23 bits per heavy atom. The lowest BCUT2D eigenvalue weighted by atomic mass is 10.2. The maximum Gasteiger partial charge on any atom is 0.0724 e. The Hall–Kier alpha value is -1.00. The van der Waals surface area contributed by atoms with E-state index in [2.05, 4.69) is 20.6 Å². The van der Waals surface area contributed by atoms with Crippen molar-refractivity contribution in [2.75, 3.05) is 13.1 Å². The fourth-order valence-electron chi connectivity index (χ4n) is 1.50. The SMILES string of the molecule is c1cnc(CN[C@@H]2CCNC2)cn1. The number of rotatable bonds is 3. The van der Waals surface area contributed by atoms with Gasteiger partial charge in [0.05, 0.1) is 5.69 Å². The van der Waals surface area contributed by atoms with Crippen LogP contribution in [0.2, 0.25) is 0 Å². The summed E-state index contributed by atoms with van der Waals surface area (Å²) in [6.07, 6.45) is 6.43. The molecule has 1 atom stereocenters. The van der Waals surface area contributed by atoms with E-state index >= 15 is 0 Å². The molecule has 1 aromatic rings. The molecule has 1 saturated heterocycles. The molecule has 1 aromatic heterocycles. The van der Waals surface area contributed by atoms with E-state index in [1.807, 2.05) is 0 Å². The van der Waals surface area contributed by atoms with E-state index in [4.69, 9.17) is 0 Å². The van der Waals surface area contributed by atoms with Crippen molar-refractivity contribution < 1.29 is 0 Å². The van der Waals surface area contributed by atoms with Crippen LogP contribution in [0.3, 0.4) is 0 Å². The van der Waals surface area contributed by atoms with Crippen LogP contribution in [-0.4, -0.2) is 29.1 Å². The standard InChI is InChI=1S/C9H14N4/c1-2-10-5-8(1)13-7-9-6-11-3-4-12-9/h3-4,6,8,10,13H,1-2,5,7H2/t8-/m1/s1. The zero-order valence-electron chi connectivity index (χ0n) is 7.53. The third kappa shape index (κ3) is 2.47. The molecule has 1 fully saturated rings. The number of aromatic nitrogens is 2. The Bertz CT molecular complexity index is 243. The molecule has 4 nitrogen and oxygen atoms in total. The molecule has 0 aliphatic carbocycles. The van der Waals surface area contributed by atoms with Gasteiger partial charge < -0.3 is 10.6 Å². The van der Waals surface area contributed by atoms with Crippen molar-refractivity contribution in [3.63, 3.8) is 0 Å². The highest BCUT2D eigenvalue weighted by Gasteiger charge is 2.12. The largest absolute Gasteiger partial charge is 0.315 e. The summed E-state index contributed by atoms with van der Waals surface area (Å²) >= 11 is 0. The van der Waals surface area contributed by atoms with Crippen molar-refractivity contribution in [1.82, 2.24) is 20.6 Å². The van der Waals surface area contributed by atoms with E-state index in [0.717, 1.165) is 25.3 Å². The van der Waals surface area contributed by atoms with Crippen LogP contribution >= 0.6 is 0 Å². The molecular weight excluding hydrogens is 164 g/mol. The van der Waals surface area contributed by atoms with Gasteiger partial charge in [-0.05, 0) is 13.0 Å². The van der Waals surface area contributed by atoms with Gasteiger partial charge in [0.25, 0.3) is 0 Å². The van der Waals surface area contributed by atoms with E-state index in [1.54, 1.807) is 18.6 Å². The van der Waals surface area contributed by atoms with Crippen LogP contribution < -0.4 is 10.6 Å². The fraction of sp³-hybridized carbons (Fsp3) is 0.556. The van der Waals surface area contributed by atoms with E-state index in [1.165, 1.54) is 6.42 Å². The number of nitrogens with one attached hydrogen (secondary N) is 2. The highest BCUT2D eigenvalue weighted by atomic mass is 15.0. The van der Waals surface area contributed by atoms with Gasteiger partial charge in [0, 0.05) is 37.7 Å². The smallest absolute Gasteiger partial charge is 0.0724 e. The van der Waals surface area contributed by atoms with Crippen LogP contribution in [0.25, 0.3) is 0 Å². The summed E-state index contributed by atoms with van der Waals surface area (Å²) in [5.41, 5.74) is 1.01. The second-order valence-corrected chi connectivity index (χ2v) is 3.27. The van der Waals surface area contributed by atoms with Gasteiger partial charge in [-0.3, -0.25) is 9.97 Å². The molecule has 0 bridgehead atoms. The predicted molar refractivity (Wildman–Crippen MR) is 50.1 cm³/mol. The molecule has 1 aliphatic heterocycles. The van der Waals surface area contributed by atoms with Crippen LogP contribution in [0.15, 0.2) is 18.6 Å². The molecule has 70 valence electrons. The lowest BCUT2D eigenvalue weighted by molar-refractivity contribution is 0.541. The first-order valence-electron chi connectivity index (χ1n) is 4.64. The van der Waals surface area contributed by atoms with E-state index in [-0.39, 0.29) is 0 Å². The first-order chi connectivity index (χ1) is 6.45. The van der Waals surface area contributed by atoms with Crippen LogP contribution in [-0.2, 0) is 6.54 Å². The van der Waals surface area contributed by atoms with Crippen LogP contribution in [0.1, 0.15) is 12.1 Å². The maximum absolute atomic E-state index is 4.19. The minimum absolute atomic E-state index is 0.599. The second kappa shape index (κ2) is 4.30. The molecule has 4 heteroatoms. The number of hydrogen-bond donors (Lipinski definition) is 2. The van der Waals surface area contributed by atoms with Gasteiger partial charge in [0.1, 0.15) is 0 Å². The van der Waals surface area contributed by atoms with E-state index in [9.17, 15) is 0 Å². The highest BCUT2D eigenvalue weighted by Crippen LogP contribution is 1.98. The third-order valence-electron chi connectivity index (χ3n) is 2.25. The van der Waals surface area contributed by atoms with Crippen LogP contribution in [0, 0.1) is 0 Å². The summed E-state index contributed by atoms with van der Waals surface area (Å²) in [6.45, 7) is 3.01. The summed E-state index contributed by atoms with van der Waals surface area (Å²) in [4.78, 5) is 8.21. The van der Waals surface area contributed by atoms with Gasteiger partial charge in [-0.1, -0.05) is 0 Å². The Balaban J connectivity index is 1.79. The molecular formula is C9H14N4. The third-order valence-corrected chi connectivity index (χ3v) is 2.25. The maximum atomic E-state index is 4.19. The summed E-state index contributed by atoms with van der Waals surface area (Å²) < 4.78 is 0. The zero-order valence-corrected chi connectivity index (χ0v) is 7.53. The molecule has 0 unspecified atom stereocenters. The minimum atomic E-state index is 0.599. The van der Waals surface area contributed by atoms with Gasteiger partial charge in [-0.25, -0.2) is 0 Å². The number of nitrogens with zero attached hydrogens (tertiary/aromatic N) is 2. The Morgan fingerprint density at radius 2 is 2.54 bits per heavy atom. The van der Waals surface area contributed by atoms with Crippen molar-refractivity contribution in [1.29, 1.82) is 0 Å². The van der Waals surface area contributed by atoms with Crippen LogP contribution in [0.5, 0.6) is 0 Å². The summed E-state index contributed by atoms with van der Waals surface area (Å²) in [5, 5.41) is 6.74. The minimum Gasteiger partial charge on any atom is -0.315 e. The number of hydrogen-bond acceptors (Lipinski definition) is 4. The van der Waals surface area contributed by atoms with Crippen molar-refractivity contribution in [2.45, 2.75) is 19.0 Å². The van der Waals surface area contributed by atoms with Crippen molar-refractivity contribution in [2.24, 2.45) is 0 Å². The molecule has 2 rings (SSSR count). The normalized spacial score (nSPS) is 22.0. The topological polar surface area (TPSA) is 49.8 Å². The molecule has 0 aromatic carbocycles. The van der Waals surface area contributed by atoms with Crippen molar-refractivity contribution >= 4 is 0 Å². The average molecular weight is 178 g/mol. The molecule has 2 N–H and O–H groups in total. The molecule has 13 heavy (non-hydrogen) atoms.